The van der Waals surface area contributed by atoms with Crippen LogP contribution in [-0.4, -0.2) is 54.4 Å². The van der Waals surface area contributed by atoms with Crippen LogP contribution in [0.2, 0.25) is 0 Å². The first-order chi connectivity index (χ1) is 12.6. The molecule has 0 unspecified atom stereocenters. The van der Waals surface area contributed by atoms with Crippen molar-refractivity contribution in [1.29, 1.82) is 0 Å². The molecule has 5 heteroatoms. The number of hydrogen-bond acceptors (Lipinski definition) is 3. The molecular weight excluding hydrogens is 328 g/mol. The van der Waals surface area contributed by atoms with Gasteiger partial charge in [0.25, 0.3) is 0 Å². The number of carbonyl (C=O) groups is 2. The maximum Gasteiger partial charge on any atom is 0.227 e. The lowest BCUT2D eigenvalue weighted by Crippen LogP contribution is -2.40. The van der Waals surface area contributed by atoms with Crippen molar-refractivity contribution < 1.29 is 14.3 Å². The second-order valence-corrected chi connectivity index (χ2v) is 6.83. The van der Waals surface area contributed by atoms with Crippen LogP contribution < -0.4 is 4.74 Å². The summed E-state index contributed by atoms with van der Waals surface area (Å²) in [5, 5.41) is 0. The van der Waals surface area contributed by atoms with E-state index in [9.17, 15) is 9.59 Å². The summed E-state index contributed by atoms with van der Waals surface area (Å²) in [6.07, 6.45) is 3.01. The Hall–Kier alpha value is -2.04. The van der Waals surface area contributed by atoms with Crippen LogP contribution in [0.5, 0.6) is 5.75 Å². The average molecular weight is 360 g/mol. The zero-order valence-electron chi connectivity index (χ0n) is 16.4. The van der Waals surface area contributed by atoms with Gasteiger partial charge < -0.3 is 14.5 Å². The molecule has 0 aromatic heterocycles. The van der Waals surface area contributed by atoms with Crippen LogP contribution >= 0.6 is 0 Å². The number of benzene rings is 1. The molecule has 0 N–H and O–H groups in total. The minimum Gasteiger partial charge on any atom is -0.494 e. The molecule has 1 saturated heterocycles. The first-order valence-corrected chi connectivity index (χ1v) is 9.87. The third kappa shape index (κ3) is 5.48. The highest BCUT2D eigenvalue weighted by atomic mass is 16.5. The van der Waals surface area contributed by atoms with Crippen molar-refractivity contribution in [2.75, 3.05) is 32.8 Å². The molecule has 1 aliphatic rings. The highest BCUT2D eigenvalue weighted by Gasteiger charge is 2.25. The number of amides is 2. The van der Waals surface area contributed by atoms with E-state index in [1.807, 2.05) is 41.0 Å². The predicted octanol–water partition coefficient (Wildman–Crippen LogP) is 3.12. The van der Waals surface area contributed by atoms with E-state index in [0.717, 1.165) is 43.7 Å². The van der Waals surface area contributed by atoms with Gasteiger partial charge in [0.15, 0.2) is 0 Å². The van der Waals surface area contributed by atoms with E-state index in [4.69, 9.17) is 4.74 Å². The molecule has 0 spiro atoms. The molecular formula is C21H32N2O3. The third-order valence-corrected chi connectivity index (χ3v) is 5.08. The van der Waals surface area contributed by atoms with Gasteiger partial charge in [-0.15, -0.1) is 0 Å². The van der Waals surface area contributed by atoms with Crippen molar-refractivity contribution in [1.82, 2.24) is 9.80 Å². The first-order valence-electron chi connectivity index (χ1n) is 9.87. The van der Waals surface area contributed by atoms with Crippen molar-refractivity contribution in [3.8, 4) is 5.75 Å². The molecule has 2 rings (SSSR count). The van der Waals surface area contributed by atoms with E-state index in [0.29, 0.717) is 26.1 Å². The maximum atomic E-state index is 12.6. The predicted molar refractivity (Wildman–Crippen MR) is 103 cm³/mol. The van der Waals surface area contributed by atoms with E-state index in [-0.39, 0.29) is 17.7 Å². The van der Waals surface area contributed by atoms with Gasteiger partial charge in [-0.1, -0.05) is 26.0 Å². The molecule has 0 atom stereocenters. The van der Waals surface area contributed by atoms with Gasteiger partial charge in [0, 0.05) is 32.1 Å². The van der Waals surface area contributed by atoms with Gasteiger partial charge in [0.1, 0.15) is 5.75 Å². The zero-order valence-corrected chi connectivity index (χ0v) is 16.4. The van der Waals surface area contributed by atoms with Crippen LogP contribution in [0, 0.1) is 5.92 Å². The summed E-state index contributed by atoms with van der Waals surface area (Å²) in [7, 11) is 0. The van der Waals surface area contributed by atoms with E-state index < -0.39 is 0 Å². The third-order valence-electron chi connectivity index (χ3n) is 5.08. The van der Waals surface area contributed by atoms with E-state index >= 15 is 0 Å². The number of hydrogen-bond donors (Lipinski definition) is 0. The number of rotatable bonds is 7. The number of nitrogens with zero attached hydrogens (tertiary/aromatic N) is 2. The molecule has 144 valence electrons. The Morgan fingerprint density at radius 1 is 0.962 bits per heavy atom. The van der Waals surface area contributed by atoms with Crippen molar-refractivity contribution in [2.24, 2.45) is 5.92 Å². The molecule has 0 aliphatic carbocycles. The molecule has 0 radical (unpaired) electrons. The SMILES string of the molecule is CCOc1ccc(CC(=O)N2CCCN(C(=O)C(CC)CC)CC2)cc1. The molecule has 1 aromatic rings. The molecule has 0 saturated carbocycles. The van der Waals surface area contributed by atoms with Gasteiger partial charge in [-0.05, 0) is 43.9 Å². The van der Waals surface area contributed by atoms with Crippen LogP contribution in [-0.2, 0) is 16.0 Å². The van der Waals surface area contributed by atoms with E-state index in [1.165, 1.54) is 0 Å². The minimum absolute atomic E-state index is 0.112. The van der Waals surface area contributed by atoms with Gasteiger partial charge in [-0.2, -0.15) is 0 Å². The molecule has 26 heavy (non-hydrogen) atoms. The molecule has 0 bridgehead atoms. The molecule has 1 aromatic carbocycles. The fourth-order valence-corrected chi connectivity index (χ4v) is 3.44. The zero-order chi connectivity index (χ0) is 18.9. The Balaban J connectivity index is 1.89. The Bertz CT molecular complexity index is 581. The van der Waals surface area contributed by atoms with Crippen LogP contribution in [0.3, 0.4) is 0 Å². The van der Waals surface area contributed by atoms with E-state index in [1.54, 1.807) is 0 Å². The lowest BCUT2D eigenvalue weighted by Gasteiger charge is -2.25. The Kier molecular flexibility index (Phi) is 7.95. The molecule has 5 nitrogen and oxygen atoms in total. The lowest BCUT2D eigenvalue weighted by molar-refractivity contribution is -0.136. The van der Waals surface area contributed by atoms with Crippen molar-refractivity contribution >= 4 is 11.8 Å². The van der Waals surface area contributed by atoms with Gasteiger partial charge in [0.2, 0.25) is 11.8 Å². The second kappa shape index (κ2) is 10.2. The summed E-state index contributed by atoms with van der Waals surface area (Å²) in [6, 6.07) is 7.71. The summed E-state index contributed by atoms with van der Waals surface area (Å²) in [6.45, 7) is 9.47. The van der Waals surface area contributed by atoms with Gasteiger partial charge >= 0.3 is 0 Å². The highest BCUT2D eigenvalue weighted by molar-refractivity contribution is 5.80. The standard InChI is InChI=1S/C21H32N2O3/c1-4-18(5-2)21(25)23-13-7-12-22(14-15-23)20(24)16-17-8-10-19(11-9-17)26-6-3/h8-11,18H,4-7,12-16H2,1-3H3. The topological polar surface area (TPSA) is 49.9 Å². The summed E-state index contributed by atoms with van der Waals surface area (Å²) < 4.78 is 5.44. The Morgan fingerprint density at radius 3 is 2.19 bits per heavy atom. The maximum absolute atomic E-state index is 12.6. The number of ether oxygens (including phenoxy) is 1. The second-order valence-electron chi connectivity index (χ2n) is 6.83. The van der Waals surface area contributed by atoms with Crippen LogP contribution in [0.4, 0.5) is 0 Å². The average Bonchev–Trinajstić information content (AvgIpc) is 2.91. The first kappa shape index (κ1) is 20.3. The van der Waals surface area contributed by atoms with Crippen LogP contribution in [0.25, 0.3) is 0 Å². The highest BCUT2D eigenvalue weighted by Crippen LogP contribution is 2.16. The smallest absolute Gasteiger partial charge is 0.227 e. The summed E-state index contributed by atoms with van der Waals surface area (Å²) >= 11 is 0. The summed E-state index contributed by atoms with van der Waals surface area (Å²) in [4.78, 5) is 29.1. The minimum atomic E-state index is 0.112. The molecule has 2 amide bonds. The number of carbonyl (C=O) groups excluding carboxylic acids is 2. The van der Waals surface area contributed by atoms with Crippen LogP contribution in [0.15, 0.2) is 24.3 Å². The lowest BCUT2D eigenvalue weighted by atomic mass is 10.0. The van der Waals surface area contributed by atoms with E-state index in [2.05, 4.69) is 13.8 Å². The van der Waals surface area contributed by atoms with Gasteiger partial charge in [-0.25, -0.2) is 0 Å². The van der Waals surface area contributed by atoms with Crippen molar-refractivity contribution in [3.63, 3.8) is 0 Å². The largest absolute Gasteiger partial charge is 0.494 e. The van der Waals surface area contributed by atoms with Crippen molar-refractivity contribution in [2.45, 2.75) is 46.5 Å². The van der Waals surface area contributed by atoms with Gasteiger partial charge in [0.05, 0.1) is 13.0 Å². The van der Waals surface area contributed by atoms with Crippen molar-refractivity contribution in [3.05, 3.63) is 29.8 Å². The fourth-order valence-electron chi connectivity index (χ4n) is 3.44. The molecule has 1 aliphatic heterocycles. The quantitative estimate of drug-likeness (QED) is 0.751. The Labute approximate surface area is 157 Å². The normalized spacial score (nSPS) is 15.1. The van der Waals surface area contributed by atoms with Gasteiger partial charge in [-0.3, -0.25) is 9.59 Å². The molecule has 1 fully saturated rings. The van der Waals surface area contributed by atoms with Crippen LogP contribution in [0.1, 0.15) is 45.6 Å². The fraction of sp³-hybridized carbons (Fsp3) is 0.619. The Morgan fingerprint density at radius 2 is 1.58 bits per heavy atom. The molecule has 1 heterocycles. The monoisotopic (exact) mass is 360 g/mol. The summed E-state index contributed by atoms with van der Waals surface area (Å²) in [5.41, 5.74) is 0.993. The summed E-state index contributed by atoms with van der Waals surface area (Å²) in [5.74, 6) is 1.32.